The van der Waals surface area contributed by atoms with Crippen molar-refractivity contribution in [3.63, 3.8) is 0 Å². The lowest BCUT2D eigenvalue weighted by Crippen LogP contribution is -2.55. The van der Waals surface area contributed by atoms with E-state index < -0.39 is 0 Å². The number of rotatable bonds is 4. The Balaban J connectivity index is 2.04. The molecule has 0 amide bonds. The maximum absolute atomic E-state index is 5.39. The van der Waals surface area contributed by atoms with Crippen LogP contribution in [0.3, 0.4) is 0 Å². The standard InChI is InChI=1S/C15H28N4O/c1-6-11-9-19(12(7-2)8-16-11)10-13-17-14(20-18-13)15(3,4)5/h11-12,16H,6-10H2,1-5H3. The van der Waals surface area contributed by atoms with Crippen molar-refractivity contribution in [2.45, 2.75) is 71.5 Å². The van der Waals surface area contributed by atoms with E-state index in [1.165, 1.54) is 0 Å². The summed E-state index contributed by atoms with van der Waals surface area (Å²) >= 11 is 0. The highest BCUT2D eigenvalue weighted by molar-refractivity contribution is 4.99. The molecule has 2 rings (SSSR count). The van der Waals surface area contributed by atoms with Gasteiger partial charge in [-0.3, -0.25) is 4.90 Å². The Bertz CT molecular complexity index is 424. The van der Waals surface area contributed by atoms with Gasteiger partial charge in [-0.1, -0.05) is 39.8 Å². The summed E-state index contributed by atoms with van der Waals surface area (Å²) in [5.41, 5.74) is -0.0786. The molecule has 20 heavy (non-hydrogen) atoms. The fourth-order valence-electron chi connectivity index (χ4n) is 2.60. The number of hydrogen-bond donors (Lipinski definition) is 1. The Hall–Kier alpha value is -0.940. The van der Waals surface area contributed by atoms with Crippen LogP contribution in [0.4, 0.5) is 0 Å². The minimum absolute atomic E-state index is 0.0786. The smallest absolute Gasteiger partial charge is 0.232 e. The van der Waals surface area contributed by atoms with Gasteiger partial charge in [-0.2, -0.15) is 4.98 Å². The first kappa shape index (κ1) is 15.4. The van der Waals surface area contributed by atoms with Crippen LogP contribution in [0.15, 0.2) is 4.52 Å². The van der Waals surface area contributed by atoms with Gasteiger partial charge in [0.2, 0.25) is 5.89 Å². The molecule has 0 radical (unpaired) electrons. The van der Waals surface area contributed by atoms with Gasteiger partial charge in [-0.05, 0) is 12.8 Å². The van der Waals surface area contributed by atoms with Crippen LogP contribution in [-0.4, -0.2) is 40.2 Å². The second kappa shape index (κ2) is 6.22. The summed E-state index contributed by atoms with van der Waals surface area (Å²) in [6, 6.07) is 1.14. The molecule has 5 heteroatoms. The van der Waals surface area contributed by atoms with E-state index in [1.54, 1.807) is 0 Å². The van der Waals surface area contributed by atoms with Crippen molar-refractivity contribution in [2.75, 3.05) is 13.1 Å². The van der Waals surface area contributed by atoms with Crippen molar-refractivity contribution in [3.05, 3.63) is 11.7 Å². The van der Waals surface area contributed by atoms with Crippen LogP contribution in [0.25, 0.3) is 0 Å². The SMILES string of the molecule is CCC1CN(Cc2noc(C(C)(C)C)n2)C(CC)CN1. The molecule has 1 N–H and O–H groups in total. The van der Waals surface area contributed by atoms with Gasteiger partial charge in [0.15, 0.2) is 5.82 Å². The third-order valence-electron chi connectivity index (χ3n) is 4.03. The lowest BCUT2D eigenvalue weighted by molar-refractivity contribution is 0.113. The van der Waals surface area contributed by atoms with E-state index >= 15 is 0 Å². The number of nitrogens with one attached hydrogen (secondary N) is 1. The zero-order valence-electron chi connectivity index (χ0n) is 13.4. The third kappa shape index (κ3) is 3.58. The minimum Gasteiger partial charge on any atom is -0.339 e. The normalized spacial score (nSPS) is 25.1. The third-order valence-corrected chi connectivity index (χ3v) is 4.03. The van der Waals surface area contributed by atoms with E-state index in [0.717, 1.165) is 44.2 Å². The Morgan fingerprint density at radius 3 is 2.60 bits per heavy atom. The highest BCUT2D eigenvalue weighted by Crippen LogP contribution is 2.21. The van der Waals surface area contributed by atoms with Crippen LogP contribution in [0.1, 0.15) is 59.2 Å². The summed E-state index contributed by atoms with van der Waals surface area (Å²) in [5.74, 6) is 1.54. The van der Waals surface area contributed by atoms with Gasteiger partial charge in [-0.25, -0.2) is 0 Å². The van der Waals surface area contributed by atoms with Crippen LogP contribution >= 0.6 is 0 Å². The number of piperazine rings is 1. The average Bonchev–Trinajstić information content (AvgIpc) is 2.87. The quantitative estimate of drug-likeness (QED) is 0.917. The summed E-state index contributed by atoms with van der Waals surface area (Å²) in [6.07, 6.45) is 2.31. The van der Waals surface area contributed by atoms with Crippen molar-refractivity contribution < 1.29 is 4.52 Å². The Morgan fingerprint density at radius 2 is 2.05 bits per heavy atom. The van der Waals surface area contributed by atoms with Gasteiger partial charge in [-0.15, -0.1) is 0 Å². The maximum atomic E-state index is 5.39. The molecule has 1 aliphatic rings. The van der Waals surface area contributed by atoms with E-state index in [1.807, 2.05) is 0 Å². The monoisotopic (exact) mass is 280 g/mol. The summed E-state index contributed by atoms with van der Waals surface area (Å²) < 4.78 is 5.39. The molecule has 1 aliphatic heterocycles. The van der Waals surface area contributed by atoms with Gasteiger partial charge >= 0.3 is 0 Å². The molecule has 0 saturated carbocycles. The molecular formula is C15H28N4O. The predicted octanol–water partition coefficient (Wildman–Crippen LogP) is 2.33. The first-order valence-electron chi connectivity index (χ1n) is 7.74. The largest absolute Gasteiger partial charge is 0.339 e. The van der Waals surface area contributed by atoms with Crippen LogP contribution in [0.5, 0.6) is 0 Å². The van der Waals surface area contributed by atoms with Crippen molar-refractivity contribution in [1.29, 1.82) is 0 Å². The van der Waals surface area contributed by atoms with E-state index in [9.17, 15) is 0 Å². The van der Waals surface area contributed by atoms with E-state index in [2.05, 4.69) is 55.0 Å². The zero-order valence-corrected chi connectivity index (χ0v) is 13.4. The van der Waals surface area contributed by atoms with Gasteiger partial charge < -0.3 is 9.84 Å². The first-order valence-corrected chi connectivity index (χ1v) is 7.74. The number of nitrogens with zero attached hydrogens (tertiary/aromatic N) is 3. The van der Waals surface area contributed by atoms with E-state index in [-0.39, 0.29) is 5.41 Å². The molecule has 0 spiro atoms. The zero-order chi connectivity index (χ0) is 14.8. The minimum atomic E-state index is -0.0786. The molecule has 2 heterocycles. The second-order valence-electron chi connectivity index (χ2n) is 6.77. The topological polar surface area (TPSA) is 54.2 Å². The Morgan fingerprint density at radius 1 is 1.30 bits per heavy atom. The van der Waals surface area contributed by atoms with Crippen LogP contribution < -0.4 is 5.32 Å². The predicted molar refractivity (Wildman–Crippen MR) is 79.6 cm³/mol. The van der Waals surface area contributed by atoms with Gasteiger partial charge in [0, 0.05) is 30.6 Å². The van der Waals surface area contributed by atoms with E-state index in [4.69, 9.17) is 4.52 Å². The summed E-state index contributed by atoms with van der Waals surface area (Å²) in [7, 11) is 0. The highest BCUT2D eigenvalue weighted by atomic mass is 16.5. The van der Waals surface area contributed by atoms with Crippen LogP contribution in [0.2, 0.25) is 0 Å². The molecule has 0 aromatic carbocycles. The molecule has 0 bridgehead atoms. The number of aromatic nitrogens is 2. The Kier molecular flexibility index (Phi) is 4.81. The van der Waals surface area contributed by atoms with Gasteiger partial charge in [0.1, 0.15) is 0 Å². The van der Waals surface area contributed by atoms with E-state index in [0.29, 0.717) is 12.1 Å². The molecule has 1 aromatic rings. The molecule has 1 fully saturated rings. The molecule has 114 valence electrons. The molecule has 1 aromatic heterocycles. The van der Waals surface area contributed by atoms with Crippen LogP contribution in [-0.2, 0) is 12.0 Å². The summed E-state index contributed by atoms with van der Waals surface area (Å²) in [6.45, 7) is 13.7. The highest BCUT2D eigenvalue weighted by Gasteiger charge is 2.28. The maximum Gasteiger partial charge on any atom is 0.232 e. The van der Waals surface area contributed by atoms with Crippen molar-refractivity contribution in [3.8, 4) is 0 Å². The summed E-state index contributed by atoms with van der Waals surface area (Å²) in [4.78, 5) is 7.04. The van der Waals surface area contributed by atoms with Crippen LogP contribution in [0, 0.1) is 0 Å². The average molecular weight is 280 g/mol. The lowest BCUT2D eigenvalue weighted by atomic mass is 9.97. The molecule has 5 nitrogen and oxygen atoms in total. The van der Waals surface area contributed by atoms with Crippen molar-refractivity contribution >= 4 is 0 Å². The molecule has 0 aliphatic carbocycles. The lowest BCUT2D eigenvalue weighted by Gasteiger charge is -2.39. The second-order valence-corrected chi connectivity index (χ2v) is 6.77. The number of hydrogen-bond acceptors (Lipinski definition) is 5. The first-order chi connectivity index (χ1) is 9.44. The van der Waals surface area contributed by atoms with Crippen molar-refractivity contribution in [1.82, 2.24) is 20.4 Å². The summed E-state index contributed by atoms with van der Waals surface area (Å²) in [5, 5.41) is 7.76. The fourth-order valence-corrected chi connectivity index (χ4v) is 2.60. The van der Waals surface area contributed by atoms with Gasteiger partial charge in [0.05, 0.1) is 6.54 Å². The Labute approximate surface area is 122 Å². The molecule has 2 atom stereocenters. The van der Waals surface area contributed by atoms with Crippen molar-refractivity contribution in [2.24, 2.45) is 0 Å². The molecular weight excluding hydrogens is 252 g/mol. The molecule has 1 saturated heterocycles. The molecule has 2 unspecified atom stereocenters. The fraction of sp³-hybridized carbons (Fsp3) is 0.867. The van der Waals surface area contributed by atoms with Gasteiger partial charge in [0.25, 0.3) is 0 Å².